The lowest BCUT2D eigenvalue weighted by Crippen LogP contribution is -2.14. The third-order valence-electron chi connectivity index (χ3n) is 10.0. The number of fused-ring (bicyclic) bond motifs is 3. The topological polar surface area (TPSA) is 64.5 Å². The molecule has 7 aromatic carbocycles. The molecule has 0 aliphatic heterocycles. The van der Waals surface area contributed by atoms with Crippen LogP contribution in [0, 0.1) is 65.0 Å². The van der Waals surface area contributed by atoms with Gasteiger partial charge in [0.15, 0.2) is 0 Å². The molecule has 0 unspecified atom stereocenters. The van der Waals surface area contributed by atoms with Crippen LogP contribution in [-0.4, -0.2) is 24.9 Å². The molecule has 4 aromatic heterocycles. The van der Waals surface area contributed by atoms with Crippen molar-refractivity contribution in [2.24, 2.45) is 65.0 Å². The molecule has 0 aliphatic rings. The summed E-state index contributed by atoms with van der Waals surface area (Å²) in [6.45, 7) is 118. The third kappa shape index (κ3) is 161. The number of benzene rings is 7. The molecule has 0 N–H and O–H groups in total. The van der Waals surface area contributed by atoms with Crippen LogP contribution < -0.4 is 0 Å². The van der Waals surface area contributed by atoms with Gasteiger partial charge >= 0.3 is 0 Å². The Bertz CT molecular complexity index is 3440. The van der Waals surface area contributed by atoms with E-state index in [-0.39, 0.29) is 5.41 Å². The molecular formula is C123H207N5. The van der Waals surface area contributed by atoms with Gasteiger partial charge in [-0.05, 0) is 145 Å². The summed E-state index contributed by atoms with van der Waals surface area (Å²) >= 11 is 0. The first-order valence-electron chi connectivity index (χ1n) is 46.9. The smallest absolute Gasteiger partial charge is 0.133 e. The van der Waals surface area contributed by atoms with E-state index in [0.29, 0.717) is 70.4 Å². The molecule has 0 saturated carbocycles. The predicted octanol–water partition coefficient (Wildman–Crippen LogP) is 41.1. The molecule has 0 radical (unpaired) electrons. The van der Waals surface area contributed by atoms with Gasteiger partial charge in [-0.15, -0.1) is 0 Å². The van der Waals surface area contributed by atoms with Crippen LogP contribution in [0.5, 0.6) is 0 Å². The molecule has 0 spiro atoms. The first kappa shape index (κ1) is 135. The van der Waals surface area contributed by atoms with Gasteiger partial charge in [-0.3, -0.25) is 15.0 Å². The maximum Gasteiger partial charge on any atom is 0.133 e. The molecule has 0 atom stereocenters. The van der Waals surface area contributed by atoms with Crippen molar-refractivity contribution in [1.29, 1.82) is 0 Å². The summed E-state index contributed by atoms with van der Waals surface area (Å²) in [5.41, 5.74) is 11.4. The molecule has 0 fully saturated rings. The Kier molecular flexibility index (Phi) is 71.8. The number of nitrogens with zero attached hydrogens (tertiary/aromatic N) is 5. The van der Waals surface area contributed by atoms with Crippen molar-refractivity contribution in [3.05, 3.63) is 285 Å². The van der Waals surface area contributed by atoms with Gasteiger partial charge in [0.05, 0.1) is 5.52 Å². The largest absolute Gasteiger partial charge is 0.265 e. The summed E-state index contributed by atoms with van der Waals surface area (Å²) in [5.74, 6) is 0.898. The van der Waals surface area contributed by atoms with Gasteiger partial charge in [0.2, 0.25) is 0 Å². The molecule has 0 amide bonds. The molecule has 128 heavy (non-hydrogen) atoms. The molecule has 5 nitrogen and oxygen atoms in total. The molecular weight excluding hydrogens is 1550 g/mol. The Hall–Kier alpha value is -8.15. The fourth-order valence-electron chi connectivity index (χ4n) is 6.37. The van der Waals surface area contributed by atoms with Gasteiger partial charge in [0.25, 0.3) is 0 Å². The minimum absolute atomic E-state index is 0.0707. The van der Waals surface area contributed by atoms with Crippen LogP contribution in [0.2, 0.25) is 0 Å². The van der Waals surface area contributed by atoms with Crippen molar-refractivity contribution in [3.8, 4) is 11.1 Å². The SMILES string of the molecule is CC(C)(C)C.CC(C)(C)C.CC(C)(C)C.CC(C)(C)C.CC(C)(C)C.CC(C)(C)C.CC(C)(C)C.CC(C)(C)C.CC(C)(C)C.CC(C)(C)C.CC(C)(C)C.CC(C)(C)C.CC(C)(C)c1ccccc1.CC(C)(C)c1ncccn1.c1ccc(-c2ccccc2)cc1.c1ccc2ccccc2c1.c1ccc2cnccc2c1.c1ccc2ncccc2c1.c1ccncc1. The van der Waals surface area contributed by atoms with E-state index in [2.05, 4.69) is 550 Å². The zero-order valence-corrected chi connectivity index (χ0v) is 94.2. The van der Waals surface area contributed by atoms with Gasteiger partial charge in [-0.1, -0.05) is 568 Å². The quantitative estimate of drug-likeness (QED) is 0.164. The van der Waals surface area contributed by atoms with Gasteiger partial charge in [-0.2, -0.15) is 0 Å². The fourth-order valence-corrected chi connectivity index (χ4v) is 6.37. The number of rotatable bonds is 1. The van der Waals surface area contributed by atoms with Crippen molar-refractivity contribution in [1.82, 2.24) is 24.9 Å². The lowest BCUT2D eigenvalue weighted by Gasteiger charge is -2.18. The lowest BCUT2D eigenvalue weighted by molar-refractivity contribution is 0.469. The van der Waals surface area contributed by atoms with Crippen molar-refractivity contribution >= 4 is 32.4 Å². The van der Waals surface area contributed by atoms with Crippen LogP contribution in [0.1, 0.15) is 385 Å². The summed E-state index contributed by atoms with van der Waals surface area (Å²) in [7, 11) is 0. The highest BCUT2D eigenvalue weighted by molar-refractivity contribution is 5.82. The highest BCUT2D eigenvalue weighted by Crippen LogP contribution is 2.23. The van der Waals surface area contributed by atoms with Gasteiger partial charge in [-0.25, -0.2) is 9.97 Å². The second-order valence-electron chi connectivity index (χ2n) is 53.5. The lowest BCUT2D eigenvalue weighted by atomic mass is 9.87. The van der Waals surface area contributed by atoms with E-state index in [4.69, 9.17) is 0 Å². The highest BCUT2D eigenvalue weighted by atomic mass is 14.9. The second kappa shape index (κ2) is 68.0. The van der Waals surface area contributed by atoms with Crippen LogP contribution in [-0.2, 0) is 10.8 Å². The number of aromatic nitrogens is 5. The van der Waals surface area contributed by atoms with E-state index in [1.807, 2.05) is 97.5 Å². The Morgan fingerprint density at radius 1 is 0.148 bits per heavy atom. The van der Waals surface area contributed by atoms with Crippen LogP contribution in [0.15, 0.2) is 274 Å². The second-order valence-corrected chi connectivity index (χ2v) is 53.5. The Morgan fingerprint density at radius 3 is 0.570 bits per heavy atom. The average molecular weight is 1760 g/mol. The zero-order valence-electron chi connectivity index (χ0n) is 94.2. The minimum atomic E-state index is 0.0707. The average Bonchev–Trinajstić information content (AvgIpc) is 0.901. The van der Waals surface area contributed by atoms with Crippen molar-refractivity contribution in [2.45, 2.75) is 385 Å². The normalized spacial score (nSPS) is 11.0. The number of hydrogen-bond acceptors (Lipinski definition) is 5. The van der Waals surface area contributed by atoms with E-state index in [9.17, 15) is 0 Å². The van der Waals surface area contributed by atoms with E-state index < -0.39 is 0 Å². The Labute approximate surface area is 798 Å². The molecule has 5 heteroatoms. The summed E-state index contributed by atoms with van der Waals surface area (Å²) in [5, 5.41) is 6.27. The summed E-state index contributed by atoms with van der Waals surface area (Å²) in [6.07, 6.45) is 12.5. The predicted molar refractivity (Wildman–Crippen MR) is 591 cm³/mol. The molecule has 0 bridgehead atoms. The molecule has 11 aromatic rings. The maximum absolute atomic E-state index is 4.18. The van der Waals surface area contributed by atoms with Crippen LogP contribution in [0.3, 0.4) is 0 Å². The van der Waals surface area contributed by atoms with E-state index >= 15 is 0 Å². The van der Waals surface area contributed by atoms with Gasteiger partial charge in [0.1, 0.15) is 5.82 Å². The molecule has 724 valence electrons. The van der Waals surface area contributed by atoms with Crippen LogP contribution >= 0.6 is 0 Å². The number of pyridine rings is 3. The van der Waals surface area contributed by atoms with E-state index in [1.165, 1.54) is 43.6 Å². The first-order valence-corrected chi connectivity index (χ1v) is 46.9. The van der Waals surface area contributed by atoms with Crippen molar-refractivity contribution in [2.75, 3.05) is 0 Å². The molecule has 4 heterocycles. The summed E-state index contributed by atoms with van der Waals surface area (Å²) < 4.78 is 0. The fraction of sp³-hybridized carbons (Fsp3) is 0.553. The van der Waals surface area contributed by atoms with Gasteiger partial charge in [0, 0.05) is 54.2 Å². The number of para-hydroxylation sites is 1. The monoisotopic (exact) mass is 1750 g/mol. The summed E-state index contributed by atoms with van der Waals surface area (Å²) in [4.78, 5) is 20.3. The Balaban J connectivity index is -0.000000200. The van der Waals surface area contributed by atoms with E-state index in [0.717, 1.165) is 11.3 Å². The molecule has 0 saturated heterocycles. The first-order chi connectivity index (χ1) is 57.1. The zero-order chi connectivity index (χ0) is 102. The van der Waals surface area contributed by atoms with Crippen LogP contribution in [0.25, 0.3) is 43.6 Å². The minimum Gasteiger partial charge on any atom is -0.265 e. The number of hydrogen-bond donors (Lipinski definition) is 0. The molecule has 0 aliphatic carbocycles. The summed E-state index contributed by atoms with van der Waals surface area (Å²) in [6, 6.07) is 77.9. The maximum atomic E-state index is 4.18. The third-order valence-corrected chi connectivity index (χ3v) is 10.0. The van der Waals surface area contributed by atoms with Crippen molar-refractivity contribution < 1.29 is 0 Å². The highest BCUT2D eigenvalue weighted by Gasteiger charge is 2.16. The molecule has 11 rings (SSSR count). The standard InChI is InChI=1S/C12H10.C10H8.C10H14.2C9H7N.C8H12N2.C5H5N.12C5H12/c1-3-7-11(8-4-1)12-9-5-2-6-10-12;1-2-6-10-8-4-3-7-9(10)5-1;1-10(2,3)9-7-5-4-6-8-9;1-2-6-9-8(4-1)5-3-7-10-9;1-2-4-9-7-10-6-5-8(9)3-1;1-8(2,3)7-9-5-4-6-10-7;1-2-4-6-5-3-1;12*1-5(2,3)4/h1-10H;1-8H;4-8H,1-3H3;2*1-7H;4-6H,1-3H3;1-5H;12*1-4H3. The van der Waals surface area contributed by atoms with Crippen molar-refractivity contribution in [3.63, 3.8) is 0 Å². The van der Waals surface area contributed by atoms with E-state index in [1.54, 1.807) is 24.8 Å². The van der Waals surface area contributed by atoms with Gasteiger partial charge < -0.3 is 0 Å². The Morgan fingerprint density at radius 2 is 0.359 bits per heavy atom. The van der Waals surface area contributed by atoms with Crippen LogP contribution in [0.4, 0.5) is 0 Å².